The van der Waals surface area contributed by atoms with E-state index < -0.39 is 5.60 Å². The van der Waals surface area contributed by atoms with Crippen LogP contribution < -0.4 is 5.32 Å². The highest BCUT2D eigenvalue weighted by Crippen LogP contribution is 2.30. The van der Waals surface area contributed by atoms with Crippen LogP contribution in [0.3, 0.4) is 0 Å². The van der Waals surface area contributed by atoms with Gasteiger partial charge in [-0.1, -0.05) is 6.07 Å². The van der Waals surface area contributed by atoms with Gasteiger partial charge >= 0.3 is 0 Å². The number of fused-ring (bicyclic) bond motifs is 1. The Balaban J connectivity index is 1.72. The van der Waals surface area contributed by atoms with Crippen LogP contribution in [0.1, 0.15) is 35.5 Å². The molecule has 0 spiro atoms. The number of pyridine rings is 2. The first-order chi connectivity index (χ1) is 10.8. The zero-order chi connectivity index (χ0) is 15.0. The van der Waals surface area contributed by atoms with Gasteiger partial charge in [-0.25, -0.2) is 4.98 Å². The van der Waals surface area contributed by atoms with Crippen molar-refractivity contribution < 1.29 is 5.11 Å². The van der Waals surface area contributed by atoms with Crippen molar-refractivity contribution in [1.82, 2.24) is 15.3 Å². The van der Waals surface area contributed by atoms with Crippen molar-refractivity contribution in [2.45, 2.75) is 25.0 Å². The number of aliphatic imine (C=N–C) groups is 1. The minimum absolute atomic E-state index is 0.603. The van der Waals surface area contributed by atoms with Gasteiger partial charge in [0.05, 0.1) is 29.3 Å². The monoisotopic (exact) mass is 294 g/mol. The number of nitrogens with zero attached hydrogens (tertiary/aromatic N) is 3. The normalized spacial score (nSPS) is 19.6. The molecule has 5 heteroatoms. The molecule has 22 heavy (non-hydrogen) atoms. The van der Waals surface area contributed by atoms with Crippen molar-refractivity contribution in [2.24, 2.45) is 4.99 Å². The lowest BCUT2D eigenvalue weighted by Crippen LogP contribution is -2.40. The zero-order valence-electron chi connectivity index (χ0n) is 12.3. The Kier molecular flexibility index (Phi) is 3.24. The van der Waals surface area contributed by atoms with E-state index in [9.17, 15) is 5.11 Å². The van der Waals surface area contributed by atoms with E-state index in [1.165, 1.54) is 0 Å². The van der Waals surface area contributed by atoms with E-state index in [-0.39, 0.29) is 0 Å². The summed E-state index contributed by atoms with van der Waals surface area (Å²) >= 11 is 0. The first-order valence-electron chi connectivity index (χ1n) is 7.66. The minimum atomic E-state index is -0.835. The Morgan fingerprint density at radius 2 is 1.95 bits per heavy atom. The second-order valence-electron chi connectivity index (χ2n) is 5.85. The molecule has 2 N–H and O–H groups in total. The highest BCUT2D eigenvalue weighted by molar-refractivity contribution is 6.13. The van der Waals surface area contributed by atoms with E-state index in [2.05, 4.69) is 15.3 Å². The van der Waals surface area contributed by atoms with Crippen LogP contribution in [-0.4, -0.2) is 33.9 Å². The van der Waals surface area contributed by atoms with Crippen LogP contribution in [0.25, 0.3) is 0 Å². The average molecular weight is 294 g/mol. The van der Waals surface area contributed by atoms with E-state index in [1.54, 1.807) is 6.20 Å². The second kappa shape index (κ2) is 5.26. The molecule has 0 saturated carbocycles. The Labute approximate surface area is 129 Å². The molecular formula is C17H18N4O. The fourth-order valence-electron chi connectivity index (χ4n) is 3.16. The molecule has 4 heterocycles. The number of nitrogens with one attached hydrogen (secondary N) is 1. The molecule has 5 nitrogen and oxygen atoms in total. The number of hydrogen-bond donors (Lipinski definition) is 2. The molecule has 1 saturated heterocycles. The summed E-state index contributed by atoms with van der Waals surface area (Å²) in [4.78, 5) is 13.7. The molecule has 0 amide bonds. The zero-order valence-corrected chi connectivity index (χ0v) is 12.3. The fraction of sp³-hybridized carbons (Fsp3) is 0.353. The van der Waals surface area contributed by atoms with Crippen molar-refractivity contribution in [3.8, 4) is 0 Å². The quantitative estimate of drug-likeness (QED) is 0.878. The van der Waals surface area contributed by atoms with Gasteiger partial charge in [-0.05, 0) is 50.2 Å². The van der Waals surface area contributed by atoms with E-state index >= 15 is 0 Å². The van der Waals surface area contributed by atoms with Crippen molar-refractivity contribution in [1.29, 1.82) is 0 Å². The summed E-state index contributed by atoms with van der Waals surface area (Å²) in [5.41, 5.74) is 3.64. The van der Waals surface area contributed by atoms with Gasteiger partial charge in [0.2, 0.25) is 0 Å². The molecule has 0 atom stereocenters. The third-order valence-electron chi connectivity index (χ3n) is 4.43. The predicted molar refractivity (Wildman–Crippen MR) is 83.8 cm³/mol. The van der Waals surface area contributed by atoms with Gasteiger partial charge in [0.15, 0.2) is 0 Å². The summed E-state index contributed by atoms with van der Waals surface area (Å²) < 4.78 is 0. The smallest absolute Gasteiger partial charge is 0.109 e. The summed E-state index contributed by atoms with van der Waals surface area (Å²) in [5, 5.41) is 14.1. The minimum Gasteiger partial charge on any atom is -0.383 e. The van der Waals surface area contributed by atoms with Gasteiger partial charge in [0, 0.05) is 11.8 Å². The maximum absolute atomic E-state index is 10.9. The topological polar surface area (TPSA) is 70.4 Å². The maximum atomic E-state index is 10.9. The molecule has 2 aromatic heterocycles. The lowest BCUT2D eigenvalue weighted by Gasteiger charge is -2.32. The molecule has 0 radical (unpaired) electrons. The molecule has 112 valence electrons. The third kappa shape index (κ3) is 2.23. The predicted octanol–water partition coefficient (Wildman–Crippen LogP) is 1.40. The largest absolute Gasteiger partial charge is 0.383 e. The molecule has 1 fully saturated rings. The van der Waals surface area contributed by atoms with E-state index in [0.717, 1.165) is 41.4 Å². The molecule has 0 aliphatic carbocycles. The fourth-order valence-corrected chi connectivity index (χ4v) is 3.16. The number of piperidine rings is 1. The molecular weight excluding hydrogens is 276 g/mol. The Morgan fingerprint density at radius 1 is 1.09 bits per heavy atom. The van der Waals surface area contributed by atoms with Gasteiger partial charge in [0.25, 0.3) is 0 Å². The lowest BCUT2D eigenvalue weighted by atomic mass is 9.88. The average Bonchev–Trinajstić information content (AvgIpc) is 3.00. The Morgan fingerprint density at radius 3 is 2.82 bits per heavy atom. The van der Waals surface area contributed by atoms with Crippen LogP contribution in [0.15, 0.2) is 41.5 Å². The van der Waals surface area contributed by atoms with Crippen molar-refractivity contribution in [2.75, 3.05) is 13.1 Å². The summed E-state index contributed by atoms with van der Waals surface area (Å²) in [5.74, 6) is 0. The lowest BCUT2D eigenvalue weighted by molar-refractivity contribution is 0.00185. The van der Waals surface area contributed by atoms with Gasteiger partial charge in [-0.15, -0.1) is 0 Å². The van der Waals surface area contributed by atoms with Crippen molar-refractivity contribution in [3.63, 3.8) is 0 Å². The van der Waals surface area contributed by atoms with Crippen molar-refractivity contribution in [3.05, 3.63) is 59.2 Å². The van der Waals surface area contributed by atoms with Crippen LogP contribution in [0.2, 0.25) is 0 Å². The highest BCUT2D eigenvalue weighted by Gasteiger charge is 2.33. The van der Waals surface area contributed by atoms with E-state index in [0.29, 0.717) is 19.4 Å². The molecule has 0 unspecified atom stereocenters. The molecule has 0 aromatic carbocycles. The summed E-state index contributed by atoms with van der Waals surface area (Å²) in [6.45, 7) is 2.23. The number of hydrogen-bond acceptors (Lipinski definition) is 5. The SMILES string of the molecule is OC1(c2cccc(C3=NCc4ncccc43)n2)CCNCC1. The second-order valence-corrected chi connectivity index (χ2v) is 5.85. The highest BCUT2D eigenvalue weighted by atomic mass is 16.3. The molecule has 4 rings (SSSR count). The van der Waals surface area contributed by atoms with Crippen LogP contribution in [0.5, 0.6) is 0 Å². The van der Waals surface area contributed by atoms with Crippen molar-refractivity contribution >= 4 is 5.71 Å². The summed E-state index contributed by atoms with van der Waals surface area (Å²) in [6, 6.07) is 9.77. The van der Waals surface area contributed by atoms with Crippen LogP contribution in [-0.2, 0) is 12.1 Å². The van der Waals surface area contributed by atoms with Gasteiger partial charge in [-0.3, -0.25) is 9.98 Å². The summed E-state index contributed by atoms with van der Waals surface area (Å²) in [7, 11) is 0. The number of rotatable bonds is 2. The van der Waals surface area contributed by atoms with Gasteiger partial charge < -0.3 is 10.4 Å². The molecule has 2 aliphatic heterocycles. The van der Waals surface area contributed by atoms with E-state index in [4.69, 9.17) is 4.98 Å². The Bertz CT molecular complexity index is 735. The molecule has 0 bridgehead atoms. The van der Waals surface area contributed by atoms with Crippen LogP contribution in [0, 0.1) is 0 Å². The standard InChI is InChI=1S/C17H18N4O/c22-17(6-9-18-10-7-17)15-5-1-4-13(21-15)16-12-3-2-8-19-14(12)11-20-16/h1-5,8,18,22H,6-7,9-11H2. The Hall–Kier alpha value is -2.11. The first-order valence-corrected chi connectivity index (χ1v) is 7.66. The van der Waals surface area contributed by atoms with Crippen LogP contribution >= 0.6 is 0 Å². The van der Waals surface area contributed by atoms with Gasteiger partial charge in [-0.2, -0.15) is 0 Å². The maximum Gasteiger partial charge on any atom is 0.109 e. The first kappa shape index (κ1) is 13.5. The number of aliphatic hydroxyl groups is 1. The molecule has 2 aromatic rings. The third-order valence-corrected chi connectivity index (χ3v) is 4.43. The van der Waals surface area contributed by atoms with E-state index in [1.807, 2.05) is 30.3 Å². The van der Waals surface area contributed by atoms with Gasteiger partial charge in [0.1, 0.15) is 5.60 Å². The van der Waals surface area contributed by atoms with Crippen LogP contribution in [0.4, 0.5) is 0 Å². The molecule has 2 aliphatic rings. The number of aromatic nitrogens is 2. The summed E-state index contributed by atoms with van der Waals surface area (Å²) in [6.07, 6.45) is 3.17.